The van der Waals surface area contributed by atoms with Crippen molar-refractivity contribution in [2.24, 2.45) is 0 Å². The van der Waals surface area contributed by atoms with Gasteiger partial charge in [0.15, 0.2) is 0 Å². The number of ether oxygens (including phenoxy) is 3. The van der Waals surface area contributed by atoms with Crippen LogP contribution in [0.25, 0.3) is 27.8 Å². The first-order chi connectivity index (χ1) is 23.7. The van der Waals surface area contributed by atoms with Crippen molar-refractivity contribution in [1.29, 1.82) is 0 Å². The van der Waals surface area contributed by atoms with Crippen LogP contribution in [0, 0.1) is 6.92 Å². The number of piperazine rings is 1. The predicted octanol–water partition coefficient (Wildman–Crippen LogP) is 5.62. The third-order valence-corrected chi connectivity index (χ3v) is 8.54. The Morgan fingerprint density at radius 2 is 1.73 bits per heavy atom. The zero-order chi connectivity index (χ0) is 34.5. The van der Waals surface area contributed by atoms with Crippen molar-refractivity contribution < 1.29 is 33.7 Å². The number of rotatable bonds is 11. The molecule has 11 heteroatoms. The first-order valence-electron chi connectivity index (χ1n) is 16.1. The van der Waals surface area contributed by atoms with Crippen LogP contribution in [0.2, 0.25) is 0 Å². The van der Waals surface area contributed by atoms with Gasteiger partial charge in [-0.15, -0.1) is 0 Å². The number of carboxylic acid groups (broad SMARTS) is 1. The summed E-state index contributed by atoms with van der Waals surface area (Å²) in [5, 5.41) is 10.9. The first kappa shape index (κ1) is 33.2. The molecule has 1 aliphatic rings. The number of anilines is 1. The van der Waals surface area contributed by atoms with Gasteiger partial charge in [-0.1, -0.05) is 60.2 Å². The van der Waals surface area contributed by atoms with Gasteiger partial charge in [-0.3, -0.25) is 9.36 Å². The van der Waals surface area contributed by atoms with Gasteiger partial charge in [0.05, 0.1) is 37.6 Å². The Labute approximate surface area is 284 Å². The van der Waals surface area contributed by atoms with E-state index in [9.17, 15) is 19.5 Å². The number of aliphatic carboxylic acids is 1. The highest BCUT2D eigenvalue weighted by Crippen LogP contribution is 2.30. The molecule has 5 aromatic rings. The molecule has 1 fully saturated rings. The number of imidazole rings is 1. The molecule has 0 bridgehead atoms. The Morgan fingerprint density at radius 1 is 0.939 bits per heavy atom. The van der Waals surface area contributed by atoms with Gasteiger partial charge in [0.2, 0.25) is 0 Å². The second kappa shape index (κ2) is 14.6. The topological polar surface area (TPSA) is 123 Å². The van der Waals surface area contributed by atoms with Crippen molar-refractivity contribution in [3.63, 3.8) is 0 Å². The van der Waals surface area contributed by atoms with E-state index >= 15 is 0 Å². The molecule has 11 nitrogen and oxygen atoms in total. The normalized spacial score (nSPS) is 14.6. The molecule has 0 aliphatic carbocycles. The first-order valence-corrected chi connectivity index (χ1v) is 16.1. The van der Waals surface area contributed by atoms with E-state index < -0.39 is 24.6 Å². The van der Waals surface area contributed by atoms with Crippen molar-refractivity contribution in [1.82, 2.24) is 14.5 Å². The smallest absolute Gasteiger partial charge is 0.338 e. The number of benzene rings is 4. The lowest BCUT2D eigenvalue weighted by molar-refractivity contribution is -0.142. The van der Waals surface area contributed by atoms with Crippen molar-refractivity contribution in [3.05, 3.63) is 108 Å². The Balaban J connectivity index is 1.35. The average Bonchev–Trinajstić information content (AvgIpc) is 3.56. The molecule has 1 amide bonds. The maximum absolute atomic E-state index is 14.3. The van der Waals surface area contributed by atoms with E-state index in [-0.39, 0.29) is 18.2 Å². The lowest BCUT2D eigenvalue weighted by Crippen LogP contribution is -2.57. The number of amides is 1. The van der Waals surface area contributed by atoms with Crippen molar-refractivity contribution in [2.75, 3.05) is 51.5 Å². The molecule has 0 spiro atoms. The number of esters is 1. The molecule has 49 heavy (non-hydrogen) atoms. The summed E-state index contributed by atoms with van der Waals surface area (Å²) in [5.74, 6) is -0.544. The lowest BCUT2D eigenvalue weighted by atomic mass is 10.0. The molecule has 1 aliphatic heterocycles. The van der Waals surface area contributed by atoms with Crippen LogP contribution in [0.1, 0.15) is 33.3 Å². The minimum Gasteiger partial charge on any atom is -0.494 e. The van der Waals surface area contributed by atoms with Crippen molar-refractivity contribution >= 4 is 34.3 Å². The van der Waals surface area contributed by atoms with E-state index in [0.29, 0.717) is 43.4 Å². The van der Waals surface area contributed by atoms with Gasteiger partial charge < -0.3 is 29.1 Å². The van der Waals surface area contributed by atoms with Gasteiger partial charge in [-0.05, 0) is 48.9 Å². The summed E-state index contributed by atoms with van der Waals surface area (Å²) in [7, 11) is 1.35. The van der Waals surface area contributed by atoms with Gasteiger partial charge >= 0.3 is 11.9 Å². The predicted molar refractivity (Wildman–Crippen MR) is 186 cm³/mol. The zero-order valence-electron chi connectivity index (χ0n) is 27.7. The maximum Gasteiger partial charge on any atom is 0.338 e. The molecule has 1 N–H and O–H groups in total. The third kappa shape index (κ3) is 7.26. The molecule has 0 radical (unpaired) electrons. The Kier molecular flexibility index (Phi) is 9.91. The summed E-state index contributed by atoms with van der Waals surface area (Å²) in [6.45, 7) is 5.06. The van der Waals surface area contributed by atoms with Gasteiger partial charge in [0.25, 0.3) is 5.91 Å². The van der Waals surface area contributed by atoms with Crippen LogP contribution in [0.4, 0.5) is 5.69 Å². The summed E-state index contributed by atoms with van der Waals surface area (Å²) in [6.07, 6.45) is 1.73. The zero-order valence-corrected chi connectivity index (χ0v) is 27.7. The summed E-state index contributed by atoms with van der Waals surface area (Å²) in [4.78, 5) is 47.0. The molecular formula is C38H38N4O7. The van der Waals surface area contributed by atoms with Crippen LogP contribution < -0.4 is 9.64 Å². The number of fused-ring (bicyclic) bond motifs is 1. The lowest BCUT2D eigenvalue weighted by Gasteiger charge is -2.42. The van der Waals surface area contributed by atoms with Gasteiger partial charge in [-0.2, -0.15) is 0 Å². The number of carboxylic acids is 1. The van der Waals surface area contributed by atoms with E-state index in [4.69, 9.17) is 19.2 Å². The Bertz CT molecular complexity index is 1990. The van der Waals surface area contributed by atoms with Crippen LogP contribution in [0.15, 0.2) is 91.1 Å². The molecular weight excluding hydrogens is 624 g/mol. The number of aryl methyl sites for hydroxylation is 1. The van der Waals surface area contributed by atoms with E-state index in [2.05, 4.69) is 4.90 Å². The van der Waals surface area contributed by atoms with Crippen LogP contribution >= 0.6 is 0 Å². The standard InChI is InChI=1S/C38H38N4O7/c1-4-49-31-10-7-9-28(19-31)42-22-34(39-36(42)26-14-12-25(2)13-15-26)37(45)41-17-16-40(21-30(41)23-48-24-35(43)44)29-18-27-8-5-6-11-32(27)33(20-29)38(46)47-3/h5-15,18-20,22,30H,4,16-17,21,23-24H2,1-3H3,(H,43,44)/t30-/m1/s1. The number of carbonyl (C=O) groups is 3. The molecule has 6 rings (SSSR count). The molecule has 1 atom stereocenters. The fraction of sp³-hybridized carbons (Fsp3) is 0.263. The molecule has 0 unspecified atom stereocenters. The molecule has 0 saturated carbocycles. The second-order valence-electron chi connectivity index (χ2n) is 11.8. The van der Waals surface area contributed by atoms with E-state index in [1.165, 1.54) is 7.11 Å². The number of nitrogens with zero attached hydrogens (tertiary/aromatic N) is 4. The summed E-state index contributed by atoms with van der Waals surface area (Å²) < 4.78 is 18.3. The van der Waals surface area contributed by atoms with Gasteiger partial charge in [0.1, 0.15) is 23.9 Å². The van der Waals surface area contributed by atoms with Crippen molar-refractivity contribution in [3.8, 4) is 22.8 Å². The van der Waals surface area contributed by atoms with Gasteiger partial charge in [0, 0.05) is 43.1 Å². The van der Waals surface area contributed by atoms with Crippen molar-refractivity contribution in [2.45, 2.75) is 19.9 Å². The average molecular weight is 663 g/mol. The summed E-state index contributed by atoms with van der Waals surface area (Å²) in [5.41, 5.74) is 4.20. The van der Waals surface area contributed by atoms with Crippen LogP contribution in [-0.4, -0.2) is 90.0 Å². The molecule has 252 valence electrons. The van der Waals surface area contributed by atoms with Gasteiger partial charge in [-0.25, -0.2) is 14.6 Å². The number of hydrogen-bond acceptors (Lipinski definition) is 8. The highest BCUT2D eigenvalue weighted by molar-refractivity contribution is 6.06. The fourth-order valence-corrected chi connectivity index (χ4v) is 6.16. The number of hydrogen-bond donors (Lipinski definition) is 1. The van der Waals surface area contributed by atoms with E-state index in [1.54, 1.807) is 17.2 Å². The third-order valence-electron chi connectivity index (χ3n) is 8.54. The quantitative estimate of drug-likeness (QED) is 0.180. The highest BCUT2D eigenvalue weighted by Gasteiger charge is 2.34. The highest BCUT2D eigenvalue weighted by atomic mass is 16.5. The molecule has 4 aromatic carbocycles. The molecule has 1 saturated heterocycles. The summed E-state index contributed by atoms with van der Waals surface area (Å²) >= 11 is 0. The number of aromatic nitrogens is 2. The maximum atomic E-state index is 14.3. The minimum absolute atomic E-state index is 0.00604. The van der Waals surface area contributed by atoms with E-state index in [1.807, 2.05) is 97.3 Å². The number of carbonyl (C=O) groups excluding carboxylic acids is 2. The minimum atomic E-state index is -1.10. The summed E-state index contributed by atoms with van der Waals surface area (Å²) in [6, 6.07) is 26.4. The Morgan fingerprint density at radius 3 is 2.49 bits per heavy atom. The fourth-order valence-electron chi connectivity index (χ4n) is 6.16. The molecule has 2 heterocycles. The second-order valence-corrected chi connectivity index (χ2v) is 11.8. The molecule has 1 aromatic heterocycles. The SMILES string of the molecule is CCOc1cccc(-n2cc(C(=O)N3CCN(c4cc(C(=O)OC)c5ccccc5c4)C[C@@H]3COCC(=O)O)nc2-c2ccc(C)cc2)c1. The van der Waals surface area contributed by atoms with Crippen LogP contribution in [0.5, 0.6) is 5.75 Å². The Hall–Kier alpha value is -5.68. The monoisotopic (exact) mass is 662 g/mol. The largest absolute Gasteiger partial charge is 0.494 e. The number of methoxy groups -OCH3 is 1. The van der Waals surface area contributed by atoms with E-state index in [0.717, 1.165) is 33.3 Å². The van der Waals surface area contributed by atoms with Crippen LogP contribution in [-0.2, 0) is 14.3 Å². The van der Waals surface area contributed by atoms with Crippen LogP contribution in [0.3, 0.4) is 0 Å².